The van der Waals surface area contributed by atoms with Crippen molar-refractivity contribution in [2.75, 3.05) is 5.75 Å². The van der Waals surface area contributed by atoms with Gasteiger partial charge in [-0.1, -0.05) is 20.3 Å². The van der Waals surface area contributed by atoms with Crippen molar-refractivity contribution in [3.05, 3.63) is 0 Å². The average molecular weight is 305 g/mol. The zero-order valence-corrected chi connectivity index (χ0v) is 12.8. The lowest BCUT2D eigenvalue weighted by Gasteiger charge is -2.23. The number of amides is 2. The topological polar surface area (TPSA) is 122 Å². The number of hydrogen-bond acceptors (Lipinski definition) is 5. The lowest BCUT2D eigenvalue weighted by atomic mass is 9.99. The summed E-state index contributed by atoms with van der Waals surface area (Å²) in [5, 5.41) is 13.9. The third kappa shape index (κ3) is 5.79. The first-order valence-corrected chi connectivity index (χ1v) is 7.07. The summed E-state index contributed by atoms with van der Waals surface area (Å²) < 4.78 is 0. The van der Waals surface area contributed by atoms with Crippen LogP contribution in [-0.2, 0) is 14.4 Å². The van der Waals surface area contributed by atoms with Crippen LogP contribution in [0.4, 0.5) is 0 Å². The highest BCUT2D eigenvalue weighted by molar-refractivity contribution is 7.80. The van der Waals surface area contributed by atoms with Gasteiger partial charge in [0.1, 0.15) is 12.1 Å². The maximum Gasteiger partial charge on any atom is 0.326 e. The van der Waals surface area contributed by atoms with E-state index in [-0.39, 0.29) is 11.7 Å². The number of nitrogens with two attached hydrogens (primary N) is 1. The number of rotatable bonds is 8. The third-order valence-electron chi connectivity index (χ3n) is 3.06. The van der Waals surface area contributed by atoms with Crippen molar-refractivity contribution < 1.29 is 19.5 Å². The highest BCUT2D eigenvalue weighted by Gasteiger charge is 2.28. The quantitative estimate of drug-likeness (QED) is 0.382. The summed E-state index contributed by atoms with van der Waals surface area (Å²) >= 11 is 3.89. The van der Waals surface area contributed by atoms with E-state index in [9.17, 15) is 14.4 Å². The minimum absolute atomic E-state index is 0.158. The number of aliphatic carboxylic acids is 1. The number of carbonyl (C=O) groups excluding carboxylic acids is 2. The van der Waals surface area contributed by atoms with Crippen LogP contribution >= 0.6 is 12.6 Å². The van der Waals surface area contributed by atoms with Crippen molar-refractivity contribution in [1.29, 1.82) is 0 Å². The van der Waals surface area contributed by atoms with E-state index in [0.29, 0.717) is 6.42 Å². The smallest absolute Gasteiger partial charge is 0.326 e. The molecule has 116 valence electrons. The molecule has 0 saturated heterocycles. The Bertz CT molecular complexity index is 365. The number of nitrogens with one attached hydrogen (secondary N) is 2. The molecule has 0 heterocycles. The van der Waals surface area contributed by atoms with E-state index < -0.39 is 35.9 Å². The normalized spacial score (nSPS) is 16.6. The molecule has 0 aliphatic heterocycles. The molecule has 0 spiro atoms. The molecule has 0 saturated carbocycles. The second kappa shape index (κ2) is 8.80. The predicted molar refractivity (Wildman–Crippen MR) is 78.5 cm³/mol. The van der Waals surface area contributed by atoms with Crippen LogP contribution < -0.4 is 16.4 Å². The van der Waals surface area contributed by atoms with Gasteiger partial charge in [0.15, 0.2) is 0 Å². The van der Waals surface area contributed by atoms with E-state index in [4.69, 9.17) is 10.8 Å². The van der Waals surface area contributed by atoms with Gasteiger partial charge in [-0.15, -0.1) is 0 Å². The second-order valence-electron chi connectivity index (χ2n) is 4.73. The molecule has 2 amide bonds. The van der Waals surface area contributed by atoms with Crippen LogP contribution in [0, 0.1) is 5.92 Å². The van der Waals surface area contributed by atoms with Gasteiger partial charge < -0.3 is 21.5 Å². The minimum atomic E-state index is -1.10. The Morgan fingerprint density at radius 3 is 2.15 bits per heavy atom. The number of hydrogen-bond donors (Lipinski definition) is 5. The Kier molecular flexibility index (Phi) is 8.24. The lowest BCUT2D eigenvalue weighted by molar-refractivity contribution is -0.143. The third-order valence-corrected chi connectivity index (χ3v) is 3.46. The van der Waals surface area contributed by atoms with Crippen molar-refractivity contribution in [3.63, 3.8) is 0 Å². The molecule has 0 aliphatic carbocycles. The molecule has 0 bridgehead atoms. The lowest BCUT2D eigenvalue weighted by Crippen LogP contribution is -2.54. The van der Waals surface area contributed by atoms with E-state index in [2.05, 4.69) is 23.3 Å². The Morgan fingerprint density at radius 2 is 1.75 bits per heavy atom. The highest BCUT2D eigenvalue weighted by atomic mass is 32.1. The van der Waals surface area contributed by atoms with Crippen molar-refractivity contribution in [1.82, 2.24) is 10.6 Å². The summed E-state index contributed by atoms with van der Waals surface area (Å²) in [6.07, 6.45) is 0.614. The summed E-state index contributed by atoms with van der Waals surface area (Å²) in [5.74, 6) is -2.21. The van der Waals surface area contributed by atoms with E-state index in [1.807, 2.05) is 6.92 Å². The molecule has 0 unspecified atom stereocenters. The fraction of sp³-hybridized carbons (Fsp3) is 0.750. The summed E-state index contributed by atoms with van der Waals surface area (Å²) in [7, 11) is 0. The molecule has 8 heteroatoms. The Hall–Kier alpha value is -1.28. The zero-order valence-electron chi connectivity index (χ0n) is 11.9. The molecular formula is C12H23N3O4S. The van der Waals surface area contributed by atoms with Gasteiger partial charge in [-0.25, -0.2) is 4.79 Å². The van der Waals surface area contributed by atoms with Gasteiger partial charge >= 0.3 is 5.97 Å². The van der Waals surface area contributed by atoms with Crippen LogP contribution in [0.25, 0.3) is 0 Å². The summed E-state index contributed by atoms with van der Waals surface area (Å²) in [6, 6.07) is -2.65. The van der Waals surface area contributed by atoms with Gasteiger partial charge in [-0.3, -0.25) is 9.59 Å². The Balaban J connectivity index is 4.58. The van der Waals surface area contributed by atoms with Gasteiger partial charge in [0.05, 0.1) is 6.04 Å². The van der Waals surface area contributed by atoms with Gasteiger partial charge in [0.2, 0.25) is 11.8 Å². The Morgan fingerprint density at radius 1 is 1.20 bits per heavy atom. The SMILES string of the molecule is CC[C@H](C)[C@H](NC(=O)[C@H](C)NC(=O)[C@@H](N)CS)C(=O)O. The monoisotopic (exact) mass is 305 g/mol. The maximum absolute atomic E-state index is 11.9. The molecule has 0 rings (SSSR count). The van der Waals surface area contributed by atoms with Crippen molar-refractivity contribution >= 4 is 30.4 Å². The van der Waals surface area contributed by atoms with Crippen LogP contribution in [-0.4, -0.2) is 46.8 Å². The van der Waals surface area contributed by atoms with Crippen molar-refractivity contribution in [3.8, 4) is 0 Å². The highest BCUT2D eigenvalue weighted by Crippen LogP contribution is 2.08. The van der Waals surface area contributed by atoms with Crippen LogP contribution in [0.5, 0.6) is 0 Å². The molecule has 5 N–H and O–H groups in total. The largest absolute Gasteiger partial charge is 0.480 e. The molecular weight excluding hydrogens is 282 g/mol. The van der Waals surface area contributed by atoms with Crippen LogP contribution in [0.15, 0.2) is 0 Å². The number of carboxylic acids is 1. The van der Waals surface area contributed by atoms with Crippen LogP contribution in [0.2, 0.25) is 0 Å². The molecule has 0 aliphatic rings. The Labute approximate surface area is 124 Å². The standard InChI is InChI=1S/C12H23N3O4S/c1-4-6(2)9(12(18)19)15-10(16)7(3)14-11(17)8(13)5-20/h6-9,20H,4-5,13H2,1-3H3,(H,14,17)(H,15,16)(H,18,19)/t6-,7-,8-,9-/m0/s1. The van der Waals surface area contributed by atoms with Crippen LogP contribution in [0.1, 0.15) is 27.2 Å². The molecule has 0 aromatic rings. The molecule has 20 heavy (non-hydrogen) atoms. The summed E-state index contributed by atoms with van der Waals surface area (Å²) in [4.78, 5) is 34.5. The molecule has 0 aromatic heterocycles. The van der Waals surface area contributed by atoms with Gasteiger partial charge in [0, 0.05) is 5.75 Å². The fourth-order valence-electron chi connectivity index (χ4n) is 1.43. The first kappa shape index (κ1) is 18.7. The number of thiol groups is 1. The second-order valence-corrected chi connectivity index (χ2v) is 5.09. The first-order valence-electron chi connectivity index (χ1n) is 6.44. The zero-order chi connectivity index (χ0) is 15.9. The predicted octanol–water partition coefficient (Wildman–Crippen LogP) is -0.636. The maximum atomic E-state index is 11.9. The van der Waals surface area contributed by atoms with E-state index in [1.165, 1.54) is 6.92 Å². The van der Waals surface area contributed by atoms with E-state index in [0.717, 1.165) is 0 Å². The molecule has 0 radical (unpaired) electrons. The number of carbonyl (C=O) groups is 3. The minimum Gasteiger partial charge on any atom is -0.480 e. The molecule has 0 aromatic carbocycles. The van der Waals surface area contributed by atoms with Crippen molar-refractivity contribution in [2.24, 2.45) is 11.7 Å². The fourth-order valence-corrected chi connectivity index (χ4v) is 1.60. The van der Waals surface area contributed by atoms with Gasteiger partial charge in [-0.2, -0.15) is 12.6 Å². The summed E-state index contributed by atoms with van der Waals surface area (Å²) in [6.45, 7) is 5.04. The van der Waals surface area contributed by atoms with Gasteiger partial charge in [0.25, 0.3) is 0 Å². The average Bonchev–Trinajstić information content (AvgIpc) is 2.41. The molecule has 0 fully saturated rings. The first-order chi connectivity index (χ1) is 9.24. The van der Waals surface area contributed by atoms with E-state index in [1.54, 1.807) is 6.92 Å². The van der Waals surface area contributed by atoms with E-state index >= 15 is 0 Å². The van der Waals surface area contributed by atoms with Crippen molar-refractivity contribution in [2.45, 2.75) is 45.3 Å². The van der Waals surface area contributed by atoms with Gasteiger partial charge in [-0.05, 0) is 12.8 Å². The van der Waals surface area contributed by atoms with Crippen LogP contribution in [0.3, 0.4) is 0 Å². The molecule has 7 nitrogen and oxygen atoms in total. The summed E-state index contributed by atoms with van der Waals surface area (Å²) in [5.41, 5.74) is 5.47. The molecule has 4 atom stereocenters. The number of carboxylic acid groups (broad SMARTS) is 1.